The molecule has 0 aliphatic heterocycles. The number of nitrogens with zero attached hydrogens (tertiary/aromatic N) is 1. The van der Waals surface area contributed by atoms with Gasteiger partial charge in [-0.1, -0.05) is 11.6 Å². The van der Waals surface area contributed by atoms with Crippen molar-refractivity contribution in [2.24, 2.45) is 0 Å². The van der Waals surface area contributed by atoms with E-state index in [2.05, 4.69) is 10.3 Å². The van der Waals surface area contributed by atoms with Crippen LogP contribution in [0.1, 0.15) is 24.1 Å². The Morgan fingerprint density at radius 3 is 2.35 bits per heavy atom. The second kappa shape index (κ2) is 5.71. The molecular formula is C14H12ClF3N2. The number of alkyl halides is 3. The lowest BCUT2D eigenvalue weighted by molar-refractivity contribution is -0.137. The van der Waals surface area contributed by atoms with Gasteiger partial charge >= 0.3 is 6.18 Å². The maximum absolute atomic E-state index is 12.5. The lowest BCUT2D eigenvalue weighted by Gasteiger charge is -2.17. The van der Waals surface area contributed by atoms with Crippen molar-refractivity contribution in [3.05, 3.63) is 58.9 Å². The van der Waals surface area contributed by atoms with Gasteiger partial charge in [-0.25, -0.2) is 0 Å². The topological polar surface area (TPSA) is 24.9 Å². The Kier molecular flexibility index (Phi) is 4.18. The van der Waals surface area contributed by atoms with Crippen molar-refractivity contribution in [1.82, 2.24) is 4.98 Å². The summed E-state index contributed by atoms with van der Waals surface area (Å²) in [5.74, 6) is 0. The van der Waals surface area contributed by atoms with Gasteiger partial charge in [-0.15, -0.1) is 0 Å². The Morgan fingerprint density at radius 2 is 1.80 bits per heavy atom. The van der Waals surface area contributed by atoms with Crippen LogP contribution in [0, 0.1) is 0 Å². The first-order valence-corrected chi connectivity index (χ1v) is 6.29. The van der Waals surface area contributed by atoms with Crippen molar-refractivity contribution in [3.63, 3.8) is 0 Å². The predicted octanol–water partition coefficient (Wildman–Crippen LogP) is 4.93. The van der Waals surface area contributed by atoms with Gasteiger partial charge in [0.15, 0.2) is 0 Å². The first-order chi connectivity index (χ1) is 9.38. The zero-order chi connectivity index (χ0) is 14.8. The highest BCUT2D eigenvalue weighted by molar-refractivity contribution is 6.33. The monoisotopic (exact) mass is 300 g/mol. The molecule has 0 bridgehead atoms. The van der Waals surface area contributed by atoms with Gasteiger partial charge in [-0.2, -0.15) is 13.2 Å². The molecule has 20 heavy (non-hydrogen) atoms. The summed E-state index contributed by atoms with van der Waals surface area (Å²) in [6.07, 6.45) is -1.08. The molecule has 0 radical (unpaired) electrons. The standard InChI is InChI=1S/C14H12ClF3N2/c1-9(10-4-6-19-7-5-10)20-13-3-2-11(8-12(13)15)14(16,17)18/h2-9,20H,1H3. The molecule has 0 aliphatic carbocycles. The minimum atomic E-state index is -4.39. The molecule has 1 aromatic carbocycles. The van der Waals surface area contributed by atoms with Crippen LogP contribution in [-0.2, 0) is 6.18 Å². The number of halogens is 4. The van der Waals surface area contributed by atoms with E-state index in [9.17, 15) is 13.2 Å². The molecular weight excluding hydrogens is 289 g/mol. The van der Waals surface area contributed by atoms with Gasteiger partial charge < -0.3 is 5.32 Å². The lowest BCUT2D eigenvalue weighted by atomic mass is 10.1. The predicted molar refractivity (Wildman–Crippen MR) is 72.7 cm³/mol. The van der Waals surface area contributed by atoms with Gasteiger partial charge in [-0.3, -0.25) is 4.98 Å². The number of hydrogen-bond acceptors (Lipinski definition) is 2. The highest BCUT2D eigenvalue weighted by Crippen LogP contribution is 2.34. The molecule has 2 aromatic rings. The molecule has 0 saturated carbocycles. The number of pyridine rings is 1. The molecule has 0 amide bonds. The lowest BCUT2D eigenvalue weighted by Crippen LogP contribution is -2.09. The van der Waals surface area contributed by atoms with Crippen LogP contribution in [0.4, 0.5) is 18.9 Å². The summed E-state index contributed by atoms with van der Waals surface area (Å²) in [7, 11) is 0. The number of benzene rings is 1. The van der Waals surface area contributed by atoms with E-state index in [-0.39, 0.29) is 11.1 Å². The maximum atomic E-state index is 12.5. The molecule has 0 saturated heterocycles. The zero-order valence-corrected chi connectivity index (χ0v) is 11.3. The normalized spacial score (nSPS) is 13.1. The van der Waals surface area contributed by atoms with Crippen molar-refractivity contribution in [2.75, 3.05) is 5.32 Å². The number of rotatable bonds is 3. The first-order valence-electron chi connectivity index (χ1n) is 5.91. The SMILES string of the molecule is CC(Nc1ccc(C(F)(F)F)cc1Cl)c1ccncc1. The molecule has 2 nitrogen and oxygen atoms in total. The fraction of sp³-hybridized carbons (Fsp3) is 0.214. The van der Waals surface area contributed by atoms with Gasteiger partial charge in [0.1, 0.15) is 0 Å². The molecule has 1 N–H and O–H groups in total. The van der Waals surface area contributed by atoms with Crippen LogP contribution in [0.2, 0.25) is 5.02 Å². The number of nitrogens with one attached hydrogen (secondary N) is 1. The van der Waals surface area contributed by atoms with Crippen LogP contribution in [0.5, 0.6) is 0 Å². The maximum Gasteiger partial charge on any atom is 0.416 e. The van der Waals surface area contributed by atoms with E-state index in [1.165, 1.54) is 6.07 Å². The smallest absolute Gasteiger partial charge is 0.377 e. The zero-order valence-electron chi connectivity index (χ0n) is 10.6. The van der Waals surface area contributed by atoms with Crippen LogP contribution in [0.15, 0.2) is 42.7 Å². The minimum absolute atomic E-state index is 0.0423. The molecule has 1 aromatic heterocycles. The third-order valence-electron chi connectivity index (χ3n) is 2.87. The minimum Gasteiger partial charge on any atom is -0.377 e. The van der Waals surface area contributed by atoms with E-state index in [1.54, 1.807) is 12.4 Å². The number of aromatic nitrogens is 1. The van der Waals surface area contributed by atoms with Crippen molar-refractivity contribution >= 4 is 17.3 Å². The molecule has 6 heteroatoms. The van der Waals surface area contributed by atoms with E-state index in [1.807, 2.05) is 19.1 Å². The van der Waals surface area contributed by atoms with E-state index in [4.69, 9.17) is 11.6 Å². The van der Waals surface area contributed by atoms with E-state index >= 15 is 0 Å². The molecule has 0 spiro atoms. The van der Waals surface area contributed by atoms with Crippen LogP contribution in [0.3, 0.4) is 0 Å². The quantitative estimate of drug-likeness (QED) is 0.869. The molecule has 106 valence electrons. The molecule has 1 unspecified atom stereocenters. The Balaban J connectivity index is 2.18. The fourth-order valence-corrected chi connectivity index (χ4v) is 2.01. The second-order valence-electron chi connectivity index (χ2n) is 4.34. The third-order valence-corrected chi connectivity index (χ3v) is 3.19. The molecule has 1 atom stereocenters. The summed E-state index contributed by atoms with van der Waals surface area (Å²) in [5, 5.41) is 3.12. The Hall–Kier alpha value is -1.75. The van der Waals surface area contributed by atoms with E-state index in [0.717, 1.165) is 17.7 Å². The second-order valence-corrected chi connectivity index (χ2v) is 4.75. The average Bonchev–Trinajstić information content (AvgIpc) is 2.41. The molecule has 0 fully saturated rings. The van der Waals surface area contributed by atoms with Crippen LogP contribution in [-0.4, -0.2) is 4.98 Å². The average molecular weight is 301 g/mol. The fourth-order valence-electron chi connectivity index (χ4n) is 1.78. The Labute approximate surface area is 119 Å². The van der Waals surface area contributed by atoms with Crippen LogP contribution >= 0.6 is 11.6 Å². The van der Waals surface area contributed by atoms with E-state index in [0.29, 0.717) is 5.69 Å². The molecule has 0 aliphatic rings. The largest absolute Gasteiger partial charge is 0.416 e. The van der Waals surface area contributed by atoms with Gasteiger partial charge in [0, 0.05) is 18.4 Å². The van der Waals surface area contributed by atoms with Crippen molar-refractivity contribution in [3.8, 4) is 0 Å². The van der Waals surface area contributed by atoms with Crippen molar-refractivity contribution < 1.29 is 13.2 Å². The molecule has 1 heterocycles. The summed E-state index contributed by atoms with van der Waals surface area (Å²) >= 11 is 5.89. The van der Waals surface area contributed by atoms with Gasteiger partial charge in [0.05, 0.1) is 16.3 Å². The Morgan fingerprint density at radius 1 is 1.15 bits per heavy atom. The highest BCUT2D eigenvalue weighted by Gasteiger charge is 2.30. The van der Waals surface area contributed by atoms with Crippen molar-refractivity contribution in [1.29, 1.82) is 0 Å². The number of hydrogen-bond donors (Lipinski definition) is 1. The van der Waals surface area contributed by atoms with Crippen LogP contribution < -0.4 is 5.32 Å². The van der Waals surface area contributed by atoms with Gasteiger partial charge in [0.2, 0.25) is 0 Å². The summed E-state index contributed by atoms with van der Waals surface area (Å²) in [5.41, 5.74) is 0.671. The first kappa shape index (κ1) is 14.7. The van der Waals surface area contributed by atoms with Gasteiger partial charge in [0.25, 0.3) is 0 Å². The summed E-state index contributed by atoms with van der Waals surface area (Å²) in [6.45, 7) is 1.89. The third kappa shape index (κ3) is 3.42. The Bertz CT molecular complexity index is 585. The van der Waals surface area contributed by atoms with Crippen LogP contribution in [0.25, 0.3) is 0 Å². The van der Waals surface area contributed by atoms with Crippen molar-refractivity contribution in [2.45, 2.75) is 19.1 Å². The van der Waals surface area contributed by atoms with Gasteiger partial charge in [-0.05, 0) is 42.8 Å². The molecule has 2 rings (SSSR count). The van der Waals surface area contributed by atoms with E-state index < -0.39 is 11.7 Å². The summed E-state index contributed by atoms with van der Waals surface area (Å²) < 4.78 is 37.6. The summed E-state index contributed by atoms with van der Waals surface area (Å²) in [6, 6.07) is 6.83. The number of anilines is 1. The summed E-state index contributed by atoms with van der Waals surface area (Å²) in [4.78, 5) is 3.91. The highest BCUT2D eigenvalue weighted by atomic mass is 35.5.